The van der Waals surface area contributed by atoms with E-state index in [9.17, 15) is 10.2 Å². The normalized spacial score (nSPS) is 50.5. The second kappa shape index (κ2) is 8.36. The standard InChI is InChI=1S/C28H50O2/c1-17(2)18(3)7-8-19(4)23-11-12-24-22-10-9-20-15-21(29)13-14-27(20,5)26(22)25(30)16-28(23,24)6/h17-26,29-30H,7-16H2,1-6H3. The van der Waals surface area contributed by atoms with Crippen LogP contribution in [0, 0.1) is 58.2 Å². The molecule has 0 amide bonds. The van der Waals surface area contributed by atoms with Gasteiger partial charge in [0.15, 0.2) is 0 Å². The molecule has 0 aromatic rings. The van der Waals surface area contributed by atoms with E-state index in [1.807, 2.05) is 0 Å². The highest BCUT2D eigenvalue weighted by Gasteiger charge is 2.63. The van der Waals surface area contributed by atoms with Gasteiger partial charge in [0.05, 0.1) is 12.2 Å². The van der Waals surface area contributed by atoms with Crippen molar-refractivity contribution in [3.63, 3.8) is 0 Å². The zero-order valence-corrected chi connectivity index (χ0v) is 20.7. The van der Waals surface area contributed by atoms with Crippen molar-refractivity contribution in [2.24, 2.45) is 58.2 Å². The molecule has 11 atom stereocenters. The second-order valence-electron chi connectivity index (χ2n) is 13.2. The number of hydrogen-bond donors (Lipinski definition) is 2. The van der Waals surface area contributed by atoms with E-state index in [0.717, 1.165) is 55.3 Å². The monoisotopic (exact) mass is 418 g/mol. The molecule has 0 aromatic carbocycles. The lowest BCUT2D eigenvalue weighted by atomic mass is 9.43. The van der Waals surface area contributed by atoms with Crippen molar-refractivity contribution in [2.45, 2.75) is 118 Å². The lowest BCUT2D eigenvalue weighted by Gasteiger charge is -2.62. The third-order valence-electron chi connectivity index (χ3n) is 11.5. The topological polar surface area (TPSA) is 40.5 Å². The minimum Gasteiger partial charge on any atom is -0.393 e. The molecule has 4 aliphatic carbocycles. The van der Waals surface area contributed by atoms with Crippen LogP contribution < -0.4 is 0 Å². The third-order valence-corrected chi connectivity index (χ3v) is 11.5. The van der Waals surface area contributed by atoms with Crippen LogP contribution >= 0.6 is 0 Å². The van der Waals surface area contributed by atoms with Gasteiger partial charge in [-0.05, 0) is 110 Å². The summed E-state index contributed by atoms with van der Waals surface area (Å²) < 4.78 is 0. The van der Waals surface area contributed by atoms with E-state index in [2.05, 4.69) is 41.5 Å². The minimum absolute atomic E-state index is 0.101. The molecule has 4 aliphatic rings. The Bertz CT molecular complexity index is 601. The number of aliphatic hydroxyl groups excluding tert-OH is 2. The predicted octanol–water partition coefficient (Wildman–Crippen LogP) is 6.69. The molecular weight excluding hydrogens is 368 g/mol. The summed E-state index contributed by atoms with van der Waals surface area (Å²) >= 11 is 0. The van der Waals surface area contributed by atoms with Crippen LogP contribution in [0.5, 0.6) is 0 Å². The Kier molecular flexibility index (Phi) is 6.44. The van der Waals surface area contributed by atoms with Crippen LogP contribution in [0.4, 0.5) is 0 Å². The van der Waals surface area contributed by atoms with Gasteiger partial charge in [-0.25, -0.2) is 0 Å². The predicted molar refractivity (Wildman–Crippen MR) is 125 cm³/mol. The van der Waals surface area contributed by atoms with Gasteiger partial charge >= 0.3 is 0 Å². The van der Waals surface area contributed by atoms with Gasteiger partial charge in [0.25, 0.3) is 0 Å². The van der Waals surface area contributed by atoms with Crippen LogP contribution in [0.25, 0.3) is 0 Å². The van der Waals surface area contributed by atoms with Crippen molar-refractivity contribution >= 4 is 0 Å². The van der Waals surface area contributed by atoms with Gasteiger partial charge < -0.3 is 10.2 Å². The van der Waals surface area contributed by atoms with Crippen LogP contribution in [0.1, 0.15) is 106 Å². The van der Waals surface area contributed by atoms with Gasteiger partial charge in [-0.2, -0.15) is 0 Å². The molecule has 4 fully saturated rings. The number of rotatable bonds is 5. The van der Waals surface area contributed by atoms with Gasteiger partial charge in [-0.15, -0.1) is 0 Å². The first kappa shape index (κ1) is 23.1. The maximum absolute atomic E-state index is 11.6. The summed E-state index contributed by atoms with van der Waals surface area (Å²) in [4.78, 5) is 0. The summed E-state index contributed by atoms with van der Waals surface area (Å²) in [6.07, 6.45) is 11.9. The molecule has 4 saturated carbocycles. The van der Waals surface area contributed by atoms with Crippen LogP contribution in [-0.4, -0.2) is 22.4 Å². The van der Waals surface area contributed by atoms with E-state index >= 15 is 0 Å². The molecular formula is C28H50O2. The first-order chi connectivity index (χ1) is 14.1. The van der Waals surface area contributed by atoms with Crippen molar-refractivity contribution in [1.29, 1.82) is 0 Å². The van der Waals surface area contributed by atoms with E-state index < -0.39 is 0 Å². The fraction of sp³-hybridized carbons (Fsp3) is 1.00. The molecule has 2 heteroatoms. The fourth-order valence-electron chi connectivity index (χ4n) is 9.39. The first-order valence-corrected chi connectivity index (χ1v) is 13.4. The number of aliphatic hydroxyl groups is 2. The molecule has 2 nitrogen and oxygen atoms in total. The molecule has 0 spiro atoms. The Labute approximate surface area is 186 Å². The Balaban J connectivity index is 1.51. The molecule has 0 radical (unpaired) electrons. The summed E-state index contributed by atoms with van der Waals surface area (Å²) in [5, 5.41) is 21.9. The SMILES string of the molecule is CC(C)C(C)CCC(C)C1CCC2C3CCC4CC(O)CCC4(C)C3C(O)CC12C. The maximum Gasteiger partial charge on any atom is 0.0581 e. The summed E-state index contributed by atoms with van der Waals surface area (Å²) in [6, 6.07) is 0. The molecule has 0 heterocycles. The largest absolute Gasteiger partial charge is 0.393 e. The highest BCUT2D eigenvalue weighted by atomic mass is 16.3. The minimum atomic E-state index is -0.137. The Morgan fingerprint density at radius 2 is 1.60 bits per heavy atom. The Morgan fingerprint density at radius 1 is 0.867 bits per heavy atom. The molecule has 0 aliphatic heterocycles. The van der Waals surface area contributed by atoms with E-state index in [4.69, 9.17) is 0 Å². The number of fused-ring (bicyclic) bond motifs is 5. The van der Waals surface area contributed by atoms with E-state index in [0.29, 0.717) is 23.2 Å². The van der Waals surface area contributed by atoms with Crippen LogP contribution in [0.3, 0.4) is 0 Å². The number of hydrogen-bond acceptors (Lipinski definition) is 2. The molecule has 30 heavy (non-hydrogen) atoms. The highest BCUT2D eigenvalue weighted by Crippen LogP contribution is 2.68. The zero-order valence-electron chi connectivity index (χ0n) is 20.7. The van der Waals surface area contributed by atoms with Gasteiger partial charge in [0.2, 0.25) is 0 Å². The van der Waals surface area contributed by atoms with Gasteiger partial charge in [-0.3, -0.25) is 0 Å². The van der Waals surface area contributed by atoms with E-state index in [-0.39, 0.29) is 17.6 Å². The fourth-order valence-corrected chi connectivity index (χ4v) is 9.39. The van der Waals surface area contributed by atoms with Gasteiger partial charge in [0.1, 0.15) is 0 Å². The van der Waals surface area contributed by atoms with E-state index in [1.165, 1.54) is 38.5 Å². The molecule has 4 rings (SSSR count). The quantitative estimate of drug-likeness (QED) is 0.522. The molecule has 2 N–H and O–H groups in total. The Morgan fingerprint density at radius 3 is 2.30 bits per heavy atom. The van der Waals surface area contributed by atoms with Crippen LogP contribution in [-0.2, 0) is 0 Å². The lowest BCUT2D eigenvalue weighted by Crippen LogP contribution is -2.59. The van der Waals surface area contributed by atoms with Gasteiger partial charge in [0, 0.05) is 0 Å². The highest BCUT2D eigenvalue weighted by molar-refractivity contribution is 5.12. The molecule has 11 unspecified atom stereocenters. The van der Waals surface area contributed by atoms with Crippen LogP contribution in [0.15, 0.2) is 0 Å². The molecule has 174 valence electrons. The summed E-state index contributed by atoms with van der Waals surface area (Å²) in [5.41, 5.74) is 0.581. The third kappa shape index (κ3) is 3.70. The van der Waals surface area contributed by atoms with Crippen molar-refractivity contribution in [3.05, 3.63) is 0 Å². The van der Waals surface area contributed by atoms with Crippen molar-refractivity contribution in [2.75, 3.05) is 0 Å². The van der Waals surface area contributed by atoms with E-state index in [1.54, 1.807) is 0 Å². The molecule has 0 bridgehead atoms. The second-order valence-corrected chi connectivity index (χ2v) is 13.2. The lowest BCUT2D eigenvalue weighted by molar-refractivity contribution is -0.179. The average Bonchev–Trinajstić information content (AvgIpc) is 3.02. The summed E-state index contributed by atoms with van der Waals surface area (Å²) in [7, 11) is 0. The average molecular weight is 419 g/mol. The van der Waals surface area contributed by atoms with Crippen molar-refractivity contribution < 1.29 is 10.2 Å². The molecule has 0 saturated heterocycles. The van der Waals surface area contributed by atoms with Gasteiger partial charge in [-0.1, -0.05) is 54.4 Å². The van der Waals surface area contributed by atoms with Crippen molar-refractivity contribution in [3.8, 4) is 0 Å². The Hall–Kier alpha value is -0.0800. The smallest absolute Gasteiger partial charge is 0.0581 e. The molecule has 0 aromatic heterocycles. The zero-order chi connectivity index (χ0) is 21.8. The summed E-state index contributed by atoms with van der Waals surface area (Å²) in [6.45, 7) is 14.7. The summed E-state index contributed by atoms with van der Waals surface area (Å²) in [5.74, 6) is 5.78. The van der Waals surface area contributed by atoms with Crippen molar-refractivity contribution in [1.82, 2.24) is 0 Å². The van der Waals surface area contributed by atoms with Crippen LogP contribution in [0.2, 0.25) is 0 Å². The first-order valence-electron chi connectivity index (χ1n) is 13.4. The maximum atomic E-state index is 11.6.